The smallest absolute Gasteiger partial charge is 0.258 e. The summed E-state index contributed by atoms with van der Waals surface area (Å²) in [4.78, 5) is 3.15. The van der Waals surface area contributed by atoms with Gasteiger partial charge in [-0.1, -0.05) is 0 Å². The van der Waals surface area contributed by atoms with Crippen LogP contribution in [-0.4, -0.2) is 10.2 Å². The van der Waals surface area contributed by atoms with E-state index in [1.807, 2.05) is 0 Å². The van der Waals surface area contributed by atoms with Gasteiger partial charge in [0.25, 0.3) is 6.54 Å². The number of aromatic nitrogens is 2. The Morgan fingerprint density at radius 1 is 1.67 bits per heavy atom. The summed E-state index contributed by atoms with van der Waals surface area (Å²) >= 11 is 0. The zero-order valence-electron chi connectivity index (χ0n) is 4.78. The van der Waals surface area contributed by atoms with E-state index in [1.54, 1.807) is 18.3 Å². The van der Waals surface area contributed by atoms with Crippen molar-refractivity contribution in [1.29, 1.82) is 0 Å². The number of hydrogen-bond acceptors (Lipinski definition) is 2. The summed E-state index contributed by atoms with van der Waals surface area (Å²) in [7, 11) is 0. The monoisotopic (exact) mass is 119 g/mol. The molecule has 1 aromatic rings. The van der Waals surface area contributed by atoms with Crippen molar-refractivity contribution in [3.05, 3.63) is 35.4 Å². The highest BCUT2D eigenvalue weighted by molar-refractivity contribution is 5.00. The van der Waals surface area contributed by atoms with Crippen LogP contribution in [0, 0.1) is 6.57 Å². The van der Waals surface area contributed by atoms with E-state index in [9.17, 15) is 0 Å². The summed E-state index contributed by atoms with van der Waals surface area (Å²) in [5.41, 5.74) is 0.729. The van der Waals surface area contributed by atoms with Crippen molar-refractivity contribution in [2.24, 2.45) is 0 Å². The molecule has 0 radical (unpaired) electrons. The topological polar surface area (TPSA) is 30.1 Å². The minimum Gasteiger partial charge on any atom is -0.310 e. The van der Waals surface area contributed by atoms with Crippen molar-refractivity contribution in [3.8, 4) is 0 Å². The van der Waals surface area contributed by atoms with E-state index in [2.05, 4.69) is 15.0 Å². The first kappa shape index (κ1) is 5.70. The van der Waals surface area contributed by atoms with E-state index in [4.69, 9.17) is 6.57 Å². The van der Waals surface area contributed by atoms with Gasteiger partial charge in [0.15, 0.2) is 0 Å². The van der Waals surface area contributed by atoms with Crippen LogP contribution in [0.25, 0.3) is 4.85 Å². The molecule has 0 aromatic carbocycles. The lowest BCUT2D eigenvalue weighted by Gasteiger charge is -1.83. The Bertz CT molecular complexity index is 211. The molecular weight excluding hydrogens is 114 g/mol. The van der Waals surface area contributed by atoms with Crippen molar-refractivity contribution >= 4 is 0 Å². The summed E-state index contributed by atoms with van der Waals surface area (Å²) in [5, 5.41) is 7.31. The zero-order valence-corrected chi connectivity index (χ0v) is 4.78. The quantitative estimate of drug-likeness (QED) is 0.514. The number of nitrogens with zero attached hydrogens (tertiary/aromatic N) is 3. The Morgan fingerprint density at radius 2 is 2.56 bits per heavy atom. The van der Waals surface area contributed by atoms with E-state index in [0.717, 1.165) is 5.69 Å². The molecular formula is C6H5N3. The molecule has 1 rings (SSSR count). The third-order valence-corrected chi connectivity index (χ3v) is 0.869. The fraction of sp³-hybridized carbons (Fsp3) is 0.167. The van der Waals surface area contributed by atoms with Gasteiger partial charge in [0, 0.05) is 6.20 Å². The van der Waals surface area contributed by atoms with Gasteiger partial charge in [-0.25, -0.2) is 6.57 Å². The summed E-state index contributed by atoms with van der Waals surface area (Å²) in [5.74, 6) is 0. The Morgan fingerprint density at radius 3 is 3.11 bits per heavy atom. The van der Waals surface area contributed by atoms with Gasteiger partial charge < -0.3 is 4.85 Å². The van der Waals surface area contributed by atoms with Gasteiger partial charge >= 0.3 is 0 Å². The van der Waals surface area contributed by atoms with Gasteiger partial charge in [-0.15, -0.1) is 5.10 Å². The Kier molecular flexibility index (Phi) is 1.76. The molecule has 0 fully saturated rings. The standard InChI is InChI=1S/C6H5N3/c1-7-5-6-3-2-4-8-9-6/h2-4H,5H2. The van der Waals surface area contributed by atoms with Crippen molar-refractivity contribution in [2.75, 3.05) is 0 Å². The number of hydrogen-bond donors (Lipinski definition) is 0. The summed E-state index contributed by atoms with van der Waals surface area (Å²) in [6.45, 7) is 6.82. The second-order valence-corrected chi connectivity index (χ2v) is 1.53. The summed E-state index contributed by atoms with van der Waals surface area (Å²) in [6, 6.07) is 3.55. The largest absolute Gasteiger partial charge is 0.310 e. The fourth-order valence-electron chi connectivity index (χ4n) is 0.499. The Labute approximate surface area is 53.2 Å². The Hall–Kier alpha value is -1.43. The highest BCUT2D eigenvalue weighted by Gasteiger charge is 1.91. The lowest BCUT2D eigenvalue weighted by atomic mass is 10.4. The number of rotatable bonds is 1. The predicted molar refractivity (Wildman–Crippen MR) is 32.3 cm³/mol. The maximum absolute atomic E-state index is 6.50. The maximum Gasteiger partial charge on any atom is 0.258 e. The molecule has 0 amide bonds. The molecule has 3 heteroatoms. The molecule has 0 atom stereocenters. The average Bonchev–Trinajstić information content (AvgIpc) is 1.91. The molecule has 44 valence electrons. The van der Waals surface area contributed by atoms with E-state index in [1.165, 1.54) is 0 Å². The van der Waals surface area contributed by atoms with Gasteiger partial charge in [-0.2, -0.15) is 5.10 Å². The first-order valence-electron chi connectivity index (χ1n) is 2.53. The van der Waals surface area contributed by atoms with E-state index in [-0.39, 0.29) is 0 Å². The van der Waals surface area contributed by atoms with Crippen LogP contribution in [0.1, 0.15) is 5.69 Å². The molecule has 1 heterocycles. The summed E-state index contributed by atoms with van der Waals surface area (Å²) < 4.78 is 0. The van der Waals surface area contributed by atoms with E-state index < -0.39 is 0 Å². The van der Waals surface area contributed by atoms with Gasteiger partial charge in [-0.05, 0) is 12.1 Å². The second kappa shape index (κ2) is 2.78. The molecule has 0 aliphatic heterocycles. The first-order valence-corrected chi connectivity index (χ1v) is 2.53. The van der Waals surface area contributed by atoms with Crippen molar-refractivity contribution in [1.82, 2.24) is 10.2 Å². The molecule has 0 saturated heterocycles. The highest BCUT2D eigenvalue weighted by atomic mass is 15.1. The molecule has 0 unspecified atom stereocenters. The van der Waals surface area contributed by atoms with Crippen LogP contribution in [0.15, 0.2) is 18.3 Å². The minimum atomic E-state index is 0.327. The third kappa shape index (κ3) is 1.50. The normalized spacial score (nSPS) is 8.33. The van der Waals surface area contributed by atoms with Crippen LogP contribution in [0.4, 0.5) is 0 Å². The van der Waals surface area contributed by atoms with Crippen LogP contribution in [0.3, 0.4) is 0 Å². The zero-order chi connectivity index (χ0) is 6.53. The van der Waals surface area contributed by atoms with Crippen molar-refractivity contribution in [2.45, 2.75) is 6.54 Å². The molecule has 1 aromatic heterocycles. The molecule has 0 aliphatic rings. The molecule has 0 N–H and O–H groups in total. The lowest BCUT2D eigenvalue weighted by Crippen LogP contribution is -1.86. The van der Waals surface area contributed by atoms with Crippen LogP contribution < -0.4 is 0 Å². The van der Waals surface area contributed by atoms with E-state index >= 15 is 0 Å². The molecule has 3 nitrogen and oxygen atoms in total. The Balaban J connectivity index is 2.76. The molecule has 0 saturated carbocycles. The maximum atomic E-state index is 6.50. The predicted octanol–water partition coefficient (Wildman–Crippen LogP) is 0.896. The van der Waals surface area contributed by atoms with Crippen molar-refractivity contribution in [3.63, 3.8) is 0 Å². The van der Waals surface area contributed by atoms with Gasteiger partial charge in [0.05, 0.1) is 0 Å². The van der Waals surface area contributed by atoms with Crippen LogP contribution in [0.2, 0.25) is 0 Å². The van der Waals surface area contributed by atoms with Crippen LogP contribution >= 0.6 is 0 Å². The van der Waals surface area contributed by atoms with Gasteiger partial charge in [-0.3, -0.25) is 0 Å². The van der Waals surface area contributed by atoms with Crippen LogP contribution in [0.5, 0.6) is 0 Å². The van der Waals surface area contributed by atoms with E-state index in [0.29, 0.717) is 6.54 Å². The van der Waals surface area contributed by atoms with Crippen LogP contribution in [-0.2, 0) is 6.54 Å². The van der Waals surface area contributed by atoms with Gasteiger partial charge in [0.1, 0.15) is 5.69 Å². The SMILES string of the molecule is [C-]#[N+]Cc1cccnn1. The molecule has 0 aliphatic carbocycles. The summed E-state index contributed by atoms with van der Waals surface area (Å²) in [6.07, 6.45) is 1.59. The second-order valence-electron chi connectivity index (χ2n) is 1.53. The lowest BCUT2D eigenvalue weighted by molar-refractivity contribution is 0.947. The minimum absolute atomic E-state index is 0.327. The molecule has 0 bridgehead atoms. The van der Waals surface area contributed by atoms with Gasteiger partial charge in [0.2, 0.25) is 0 Å². The average molecular weight is 119 g/mol. The fourth-order valence-corrected chi connectivity index (χ4v) is 0.499. The highest BCUT2D eigenvalue weighted by Crippen LogP contribution is 1.91. The molecule has 9 heavy (non-hydrogen) atoms. The third-order valence-electron chi connectivity index (χ3n) is 0.869. The van der Waals surface area contributed by atoms with Crippen molar-refractivity contribution < 1.29 is 0 Å². The first-order chi connectivity index (χ1) is 4.43. The molecule has 0 spiro atoms.